The third-order valence-electron chi connectivity index (χ3n) is 6.07. The summed E-state index contributed by atoms with van der Waals surface area (Å²) in [5, 5.41) is 12.0. The van der Waals surface area contributed by atoms with Gasteiger partial charge in [0, 0.05) is 30.9 Å². The van der Waals surface area contributed by atoms with Gasteiger partial charge in [-0.05, 0) is 66.6 Å². The number of aliphatic hydroxyl groups excluding tert-OH is 1. The molecule has 2 N–H and O–H groups in total. The highest BCUT2D eigenvalue weighted by atomic mass is 32.2. The zero-order chi connectivity index (χ0) is 23.3. The molecule has 3 aromatic rings. The van der Waals surface area contributed by atoms with Gasteiger partial charge in [0.15, 0.2) is 0 Å². The summed E-state index contributed by atoms with van der Waals surface area (Å²) in [7, 11) is -3.68. The number of nitrogens with one attached hydrogen (secondary N) is 1. The van der Waals surface area contributed by atoms with Crippen molar-refractivity contribution in [2.75, 3.05) is 25.0 Å². The maximum Gasteiger partial charge on any atom is 0.255 e. The van der Waals surface area contributed by atoms with Crippen LogP contribution in [0.1, 0.15) is 29.6 Å². The molecule has 0 radical (unpaired) electrons. The molecule has 0 aromatic heterocycles. The van der Waals surface area contributed by atoms with Gasteiger partial charge in [0.25, 0.3) is 5.91 Å². The average Bonchev–Trinajstić information content (AvgIpc) is 2.85. The van der Waals surface area contributed by atoms with Crippen LogP contribution in [0.15, 0.2) is 83.8 Å². The molecular weight excluding hydrogens is 436 g/mol. The SMILES string of the molecule is O=C(Nc1cccc(-c2ccccc2)c1)c1cccc(S(=O)(=O)N2CCC(CCO)CC2)c1. The highest BCUT2D eigenvalue weighted by molar-refractivity contribution is 7.89. The van der Waals surface area contributed by atoms with E-state index in [4.69, 9.17) is 5.11 Å². The summed E-state index contributed by atoms with van der Waals surface area (Å²) in [5.41, 5.74) is 2.95. The Morgan fingerprint density at radius 3 is 2.33 bits per heavy atom. The van der Waals surface area contributed by atoms with Crippen molar-refractivity contribution < 1.29 is 18.3 Å². The molecule has 0 saturated carbocycles. The van der Waals surface area contributed by atoms with Crippen molar-refractivity contribution in [1.29, 1.82) is 0 Å². The number of carbonyl (C=O) groups excluding carboxylic acids is 1. The van der Waals surface area contributed by atoms with Gasteiger partial charge in [-0.3, -0.25) is 4.79 Å². The van der Waals surface area contributed by atoms with E-state index in [0.717, 1.165) is 24.0 Å². The van der Waals surface area contributed by atoms with Gasteiger partial charge >= 0.3 is 0 Å². The van der Waals surface area contributed by atoms with Crippen LogP contribution in [0.2, 0.25) is 0 Å². The van der Waals surface area contributed by atoms with Gasteiger partial charge in [-0.1, -0.05) is 48.5 Å². The van der Waals surface area contributed by atoms with Crippen molar-refractivity contribution in [3.8, 4) is 11.1 Å². The summed E-state index contributed by atoms with van der Waals surface area (Å²) in [6, 6.07) is 23.6. The van der Waals surface area contributed by atoms with Crippen molar-refractivity contribution in [1.82, 2.24) is 4.31 Å². The summed E-state index contributed by atoms with van der Waals surface area (Å²) < 4.78 is 27.7. The van der Waals surface area contributed by atoms with Crippen LogP contribution in [0, 0.1) is 5.92 Å². The second-order valence-electron chi connectivity index (χ2n) is 8.29. The zero-order valence-electron chi connectivity index (χ0n) is 18.4. The predicted octanol–water partition coefficient (Wildman–Crippen LogP) is 4.39. The monoisotopic (exact) mass is 464 g/mol. The first-order valence-corrected chi connectivity index (χ1v) is 12.6. The largest absolute Gasteiger partial charge is 0.396 e. The molecule has 4 rings (SSSR count). The van der Waals surface area contributed by atoms with E-state index >= 15 is 0 Å². The van der Waals surface area contributed by atoms with Crippen LogP contribution in [0.4, 0.5) is 5.69 Å². The second kappa shape index (κ2) is 10.3. The van der Waals surface area contributed by atoms with Gasteiger partial charge in [-0.25, -0.2) is 8.42 Å². The van der Waals surface area contributed by atoms with Crippen molar-refractivity contribution >= 4 is 21.6 Å². The molecule has 1 amide bonds. The van der Waals surface area contributed by atoms with Crippen LogP contribution in [-0.4, -0.2) is 43.4 Å². The maximum atomic E-state index is 13.1. The van der Waals surface area contributed by atoms with Crippen LogP contribution in [0.5, 0.6) is 0 Å². The molecule has 33 heavy (non-hydrogen) atoms. The molecule has 6 nitrogen and oxygen atoms in total. The summed E-state index contributed by atoms with van der Waals surface area (Å²) in [4.78, 5) is 13.0. The number of amides is 1. The quantitative estimate of drug-likeness (QED) is 0.543. The summed E-state index contributed by atoms with van der Waals surface area (Å²) in [6.45, 7) is 0.980. The molecule has 1 saturated heterocycles. The lowest BCUT2D eigenvalue weighted by Gasteiger charge is -2.31. The van der Waals surface area contributed by atoms with E-state index in [9.17, 15) is 13.2 Å². The molecule has 3 aromatic carbocycles. The van der Waals surface area contributed by atoms with Crippen molar-refractivity contribution in [3.63, 3.8) is 0 Å². The second-order valence-corrected chi connectivity index (χ2v) is 10.2. The van der Waals surface area contributed by atoms with Crippen molar-refractivity contribution in [3.05, 3.63) is 84.4 Å². The number of nitrogens with zero attached hydrogens (tertiary/aromatic N) is 1. The Balaban J connectivity index is 1.48. The lowest BCUT2D eigenvalue weighted by Crippen LogP contribution is -2.38. The van der Waals surface area contributed by atoms with Crippen LogP contribution in [0.3, 0.4) is 0 Å². The molecule has 1 aliphatic heterocycles. The Morgan fingerprint density at radius 2 is 1.61 bits per heavy atom. The average molecular weight is 465 g/mol. The van der Waals surface area contributed by atoms with Crippen LogP contribution < -0.4 is 5.32 Å². The molecule has 0 bridgehead atoms. The first kappa shape index (κ1) is 23.2. The molecule has 1 heterocycles. The molecule has 1 fully saturated rings. The maximum absolute atomic E-state index is 13.1. The number of piperidine rings is 1. The lowest BCUT2D eigenvalue weighted by atomic mass is 9.95. The standard InChI is InChI=1S/C26H28N2O4S/c29-17-14-20-12-15-28(16-13-20)33(31,32)25-11-5-9-23(19-25)26(30)27-24-10-4-8-22(18-24)21-6-2-1-3-7-21/h1-11,18-20,29H,12-17H2,(H,27,30). The third-order valence-corrected chi connectivity index (χ3v) is 7.97. The van der Waals surface area contributed by atoms with Gasteiger partial charge < -0.3 is 10.4 Å². The fourth-order valence-corrected chi connectivity index (χ4v) is 5.69. The van der Waals surface area contributed by atoms with E-state index in [-0.39, 0.29) is 23.0 Å². The van der Waals surface area contributed by atoms with Gasteiger partial charge in [0.1, 0.15) is 0 Å². The minimum Gasteiger partial charge on any atom is -0.396 e. The third kappa shape index (κ3) is 5.50. The van der Waals surface area contributed by atoms with Crippen LogP contribution in [0.25, 0.3) is 11.1 Å². The smallest absolute Gasteiger partial charge is 0.255 e. The molecule has 0 atom stereocenters. The number of hydrogen-bond donors (Lipinski definition) is 2. The van der Waals surface area contributed by atoms with Gasteiger partial charge in [-0.15, -0.1) is 0 Å². The predicted molar refractivity (Wildman–Crippen MR) is 129 cm³/mol. The van der Waals surface area contributed by atoms with E-state index in [1.807, 2.05) is 54.6 Å². The van der Waals surface area contributed by atoms with Crippen molar-refractivity contribution in [2.45, 2.75) is 24.2 Å². The number of benzene rings is 3. The first-order valence-electron chi connectivity index (χ1n) is 11.2. The lowest BCUT2D eigenvalue weighted by molar-refractivity contribution is 0.102. The van der Waals surface area contributed by atoms with Gasteiger partial charge in [0.2, 0.25) is 10.0 Å². The van der Waals surface area contributed by atoms with E-state index in [0.29, 0.717) is 31.1 Å². The van der Waals surface area contributed by atoms with E-state index in [1.165, 1.54) is 16.4 Å². The van der Waals surface area contributed by atoms with Crippen molar-refractivity contribution in [2.24, 2.45) is 5.92 Å². The summed E-state index contributed by atoms with van der Waals surface area (Å²) >= 11 is 0. The van der Waals surface area contributed by atoms with Gasteiger partial charge in [0.05, 0.1) is 4.90 Å². The number of anilines is 1. The summed E-state index contributed by atoms with van der Waals surface area (Å²) in [5.74, 6) is -0.0101. The fourth-order valence-electron chi connectivity index (χ4n) is 4.18. The Bertz CT molecular complexity index is 1200. The summed E-state index contributed by atoms with van der Waals surface area (Å²) in [6.07, 6.45) is 2.17. The molecular formula is C26H28N2O4S. The Morgan fingerprint density at radius 1 is 0.909 bits per heavy atom. The Hall–Kier alpha value is -3.00. The fraction of sp³-hybridized carbons (Fsp3) is 0.269. The number of sulfonamides is 1. The number of hydrogen-bond acceptors (Lipinski definition) is 4. The topological polar surface area (TPSA) is 86.7 Å². The molecule has 1 aliphatic rings. The number of rotatable bonds is 7. The molecule has 172 valence electrons. The number of carbonyl (C=O) groups is 1. The van der Waals surface area contributed by atoms with E-state index < -0.39 is 10.0 Å². The first-order chi connectivity index (χ1) is 16.0. The molecule has 7 heteroatoms. The van der Waals surface area contributed by atoms with E-state index in [2.05, 4.69) is 5.32 Å². The number of aliphatic hydroxyl groups is 1. The Labute approximate surface area is 194 Å². The highest BCUT2D eigenvalue weighted by Crippen LogP contribution is 2.26. The van der Waals surface area contributed by atoms with E-state index in [1.54, 1.807) is 12.1 Å². The molecule has 0 aliphatic carbocycles. The minimum atomic E-state index is -3.68. The van der Waals surface area contributed by atoms with Crippen LogP contribution in [-0.2, 0) is 10.0 Å². The molecule has 0 unspecified atom stereocenters. The van der Waals surface area contributed by atoms with Crippen LogP contribution >= 0.6 is 0 Å². The Kier molecular flexibility index (Phi) is 7.23. The zero-order valence-corrected chi connectivity index (χ0v) is 19.2. The highest BCUT2D eigenvalue weighted by Gasteiger charge is 2.29. The minimum absolute atomic E-state index is 0.119. The normalized spacial score (nSPS) is 15.3. The molecule has 0 spiro atoms. The van der Waals surface area contributed by atoms with Gasteiger partial charge in [-0.2, -0.15) is 4.31 Å².